The molecule has 6 nitrogen and oxygen atoms in total. The molecule has 7 heteroatoms. The lowest BCUT2D eigenvalue weighted by Gasteiger charge is -2.12. The summed E-state index contributed by atoms with van der Waals surface area (Å²) in [6.07, 6.45) is 6.97. The summed E-state index contributed by atoms with van der Waals surface area (Å²) in [5.74, 6) is -0.241. The highest BCUT2D eigenvalue weighted by atomic mass is 19.1. The highest BCUT2D eigenvalue weighted by Gasteiger charge is 2.39. The van der Waals surface area contributed by atoms with Gasteiger partial charge in [-0.05, 0) is 67.7 Å². The van der Waals surface area contributed by atoms with E-state index in [1.54, 1.807) is 13.0 Å². The van der Waals surface area contributed by atoms with Crippen molar-refractivity contribution in [1.82, 2.24) is 4.98 Å². The first-order valence-electron chi connectivity index (χ1n) is 9.11. The molecule has 0 radical (unpaired) electrons. The summed E-state index contributed by atoms with van der Waals surface area (Å²) in [6.45, 7) is 1.78. The number of aryl methyl sites for hydroxylation is 1. The van der Waals surface area contributed by atoms with Crippen LogP contribution in [0.5, 0.6) is 0 Å². The zero-order valence-corrected chi connectivity index (χ0v) is 15.0. The van der Waals surface area contributed by atoms with Crippen LogP contribution in [0.2, 0.25) is 0 Å². The van der Waals surface area contributed by atoms with Crippen molar-refractivity contribution in [3.05, 3.63) is 58.6 Å². The van der Waals surface area contributed by atoms with Crippen LogP contribution in [-0.2, 0) is 4.79 Å². The number of hydrogen-bond donors (Lipinski definition) is 2. The quantitative estimate of drug-likeness (QED) is 0.367. The third kappa shape index (κ3) is 3.63. The molecule has 1 amide bonds. The fraction of sp³-hybridized carbons (Fsp3) is 0.350. The predicted molar refractivity (Wildman–Crippen MR) is 98.6 cm³/mol. The molecule has 2 aromatic rings. The summed E-state index contributed by atoms with van der Waals surface area (Å²) in [7, 11) is 0. The minimum atomic E-state index is -0.755. The maximum Gasteiger partial charge on any atom is 0.272 e. The number of nitrogens with zero attached hydrogens (tertiary/aromatic N) is 2. The van der Waals surface area contributed by atoms with Crippen LogP contribution in [0, 0.1) is 29.9 Å². The Kier molecular flexibility index (Phi) is 4.30. The molecule has 0 spiro atoms. The summed E-state index contributed by atoms with van der Waals surface area (Å²) in [4.78, 5) is 16.3. The minimum Gasteiger partial charge on any atom is -0.619 e. The second kappa shape index (κ2) is 6.64. The number of halogens is 1. The molecule has 140 valence electrons. The van der Waals surface area contributed by atoms with E-state index in [4.69, 9.17) is 5.73 Å². The number of carbonyl (C=O) groups excluding carboxylic acids is 1. The molecule has 0 saturated heterocycles. The normalized spacial score (nSPS) is 16.1. The number of nitrogens with two attached hydrogens (primary N) is 1. The Morgan fingerprint density at radius 3 is 2.48 bits per heavy atom. The first-order valence-corrected chi connectivity index (χ1v) is 9.11. The van der Waals surface area contributed by atoms with Gasteiger partial charge >= 0.3 is 0 Å². The van der Waals surface area contributed by atoms with Crippen molar-refractivity contribution in [2.75, 3.05) is 5.32 Å². The summed E-state index contributed by atoms with van der Waals surface area (Å²) in [5.41, 5.74) is 8.82. The Balaban J connectivity index is 1.57. The highest BCUT2D eigenvalue weighted by Crippen LogP contribution is 2.49. The molecule has 2 aliphatic carbocycles. The molecule has 0 aliphatic heterocycles. The second-order valence-corrected chi connectivity index (χ2v) is 7.31. The van der Waals surface area contributed by atoms with Crippen LogP contribution in [0.1, 0.15) is 31.2 Å². The Morgan fingerprint density at radius 1 is 1.22 bits per heavy atom. The van der Waals surface area contributed by atoms with Gasteiger partial charge in [-0.25, -0.2) is 4.98 Å². The van der Waals surface area contributed by atoms with Crippen molar-refractivity contribution in [2.24, 2.45) is 17.6 Å². The first-order chi connectivity index (χ1) is 12.9. The monoisotopic (exact) mass is 368 g/mol. The molecule has 0 unspecified atom stereocenters. The van der Waals surface area contributed by atoms with Crippen molar-refractivity contribution in [3.8, 4) is 11.1 Å². The number of aromatic nitrogens is 2. The van der Waals surface area contributed by atoms with E-state index < -0.39 is 11.9 Å². The Bertz CT molecular complexity index is 935. The van der Waals surface area contributed by atoms with E-state index in [1.165, 1.54) is 24.5 Å². The lowest BCUT2D eigenvalue weighted by molar-refractivity contribution is -0.604. The van der Waals surface area contributed by atoms with Crippen molar-refractivity contribution in [1.29, 1.82) is 0 Å². The predicted octanol–water partition coefficient (Wildman–Crippen LogP) is 2.80. The number of pyridine rings is 2. The average molecular weight is 368 g/mol. The number of allylic oxidation sites excluding steroid dienone is 1. The fourth-order valence-electron chi connectivity index (χ4n) is 3.41. The summed E-state index contributed by atoms with van der Waals surface area (Å²) in [5, 5.41) is 14.1. The Labute approximate surface area is 156 Å². The van der Waals surface area contributed by atoms with E-state index in [9.17, 15) is 14.4 Å². The number of rotatable bonds is 5. The second-order valence-electron chi connectivity index (χ2n) is 7.31. The summed E-state index contributed by atoms with van der Waals surface area (Å²) in [6, 6.07) is 4.63. The molecule has 2 aromatic heterocycles. The van der Waals surface area contributed by atoms with Gasteiger partial charge in [0.25, 0.3) is 5.91 Å². The lowest BCUT2D eigenvalue weighted by Crippen LogP contribution is -2.25. The van der Waals surface area contributed by atoms with Crippen LogP contribution in [0.3, 0.4) is 0 Å². The van der Waals surface area contributed by atoms with Crippen LogP contribution in [-0.4, -0.2) is 10.9 Å². The topological polar surface area (TPSA) is 95.0 Å². The van der Waals surface area contributed by atoms with Crippen LogP contribution in [0.25, 0.3) is 11.1 Å². The number of carbonyl (C=O) groups is 1. The van der Waals surface area contributed by atoms with Gasteiger partial charge in [0.1, 0.15) is 5.82 Å². The average Bonchev–Trinajstić information content (AvgIpc) is 3.52. The van der Waals surface area contributed by atoms with Crippen molar-refractivity contribution in [2.45, 2.75) is 32.6 Å². The van der Waals surface area contributed by atoms with Gasteiger partial charge in [-0.2, -0.15) is 9.12 Å². The van der Waals surface area contributed by atoms with E-state index in [1.807, 2.05) is 0 Å². The number of amides is 1. The molecule has 3 N–H and O–H groups in total. The maximum absolute atomic E-state index is 14.5. The van der Waals surface area contributed by atoms with E-state index in [0.29, 0.717) is 22.1 Å². The molecule has 0 aromatic carbocycles. The number of nitrogens with one attached hydrogen (secondary N) is 1. The van der Waals surface area contributed by atoms with Gasteiger partial charge in [-0.1, -0.05) is 0 Å². The molecular weight excluding hydrogens is 347 g/mol. The molecule has 2 aliphatic rings. The van der Waals surface area contributed by atoms with E-state index in [0.717, 1.165) is 36.8 Å². The molecular formula is C20H21FN4O2. The molecule has 2 saturated carbocycles. The van der Waals surface area contributed by atoms with Gasteiger partial charge in [0.15, 0.2) is 12.4 Å². The number of hydrogen-bond acceptors (Lipinski definition) is 4. The van der Waals surface area contributed by atoms with Crippen LogP contribution in [0.15, 0.2) is 41.9 Å². The number of anilines is 1. The van der Waals surface area contributed by atoms with Crippen LogP contribution >= 0.6 is 0 Å². The minimum absolute atomic E-state index is 0.0960. The Morgan fingerprint density at radius 2 is 1.89 bits per heavy atom. The van der Waals surface area contributed by atoms with Crippen LogP contribution in [0.4, 0.5) is 10.2 Å². The highest BCUT2D eigenvalue weighted by molar-refractivity contribution is 6.03. The van der Waals surface area contributed by atoms with E-state index >= 15 is 0 Å². The van der Waals surface area contributed by atoms with Gasteiger partial charge in [0.2, 0.25) is 5.95 Å². The van der Waals surface area contributed by atoms with Gasteiger partial charge in [-0.15, -0.1) is 0 Å². The van der Waals surface area contributed by atoms with Gasteiger partial charge in [0, 0.05) is 11.6 Å². The molecule has 4 rings (SSSR count). The van der Waals surface area contributed by atoms with Gasteiger partial charge in [-0.3, -0.25) is 4.79 Å². The van der Waals surface area contributed by atoms with Crippen molar-refractivity contribution in [3.63, 3.8) is 0 Å². The lowest BCUT2D eigenvalue weighted by atomic mass is 10.0. The zero-order chi connectivity index (χ0) is 19.1. The smallest absolute Gasteiger partial charge is 0.272 e. The maximum atomic E-state index is 14.5. The largest absolute Gasteiger partial charge is 0.619 e. The third-order valence-electron chi connectivity index (χ3n) is 5.12. The van der Waals surface area contributed by atoms with Gasteiger partial charge < -0.3 is 16.3 Å². The summed E-state index contributed by atoms with van der Waals surface area (Å²) < 4.78 is 15.1. The zero-order valence-electron chi connectivity index (χ0n) is 15.0. The van der Waals surface area contributed by atoms with Crippen molar-refractivity contribution < 1.29 is 13.9 Å². The standard InChI is InChI=1S/C20H21FN4O2/c1-11-8-9-25(27)10-15(11)14-6-7-16(23-19(14)21)24-20(26)18(22)17(12-2-3-12)13-4-5-13/h6-10,12-13H,2-5,22H2,1H3,(H,23,24,26). The SMILES string of the molecule is Cc1cc[n+]([O-])cc1-c1ccc(NC(=O)C(N)=C(C2CC2)C2CC2)nc1F. The fourth-order valence-corrected chi connectivity index (χ4v) is 3.41. The molecule has 27 heavy (non-hydrogen) atoms. The molecule has 0 atom stereocenters. The van der Waals surface area contributed by atoms with Gasteiger partial charge in [0.05, 0.1) is 11.3 Å². The van der Waals surface area contributed by atoms with Crippen molar-refractivity contribution >= 4 is 11.7 Å². The summed E-state index contributed by atoms with van der Waals surface area (Å²) >= 11 is 0. The molecule has 2 fully saturated rings. The van der Waals surface area contributed by atoms with E-state index in [-0.39, 0.29) is 17.1 Å². The first kappa shape index (κ1) is 17.5. The molecule has 2 heterocycles. The molecule has 0 bridgehead atoms. The third-order valence-corrected chi connectivity index (χ3v) is 5.12. The van der Waals surface area contributed by atoms with Crippen LogP contribution < -0.4 is 15.8 Å². The van der Waals surface area contributed by atoms with E-state index in [2.05, 4.69) is 10.3 Å². The Hall–Kier alpha value is -2.96.